The highest BCUT2D eigenvalue weighted by molar-refractivity contribution is 5.75. The summed E-state index contributed by atoms with van der Waals surface area (Å²) in [5.41, 5.74) is 3.01. The first-order valence-electron chi connectivity index (χ1n) is 11.1. The molecule has 0 aliphatic heterocycles. The van der Waals surface area contributed by atoms with E-state index in [-0.39, 0.29) is 17.6 Å². The molecule has 2 atom stereocenters. The number of rotatable bonds is 6. The van der Waals surface area contributed by atoms with Crippen LogP contribution in [0.15, 0.2) is 37.2 Å². The van der Waals surface area contributed by atoms with Gasteiger partial charge in [-0.25, -0.2) is 28.7 Å². The molecule has 0 saturated heterocycles. The van der Waals surface area contributed by atoms with Crippen molar-refractivity contribution in [3.05, 3.63) is 48.4 Å². The van der Waals surface area contributed by atoms with Crippen molar-refractivity contribution in [3.8, 4) is 23.4 Å². The Hall–Kier alpha value is -4.45. The van der Waals surface area contributed by atoms with E-state index in [1.165, 1.54) is 18.6 Å². The Balaban J connectivity index is 1.35. The van der Waals surface area contributed by atoms with Crippen molar-refractivity contribution in [2.45, 2.75) is 50.7 Å². The molecule has 1 N–H and O–H groups in total. The van der Waals surface area contributed by atoms with E-state index in [0.717, 1.165) is 41.4 Å². The van der Waals surface area contributed by atoms with E-state index in [0.29, 0.717) is 22.9 Å². The standard InChI is InChI=1S/C23H20F2N10/c24-21(25)12-34-11-15(9-31-34)22-14(6-26)8-29-23(33-22)32-16-2-1-3-18(4-16)35-13-30-19-5-17(7-27)28-10-20(19)35/h5,8-11,13,16,18,21H,1-4,12H2,(H,29,32,33)/t16-,18+/m1/s1. The lowest BCUT2D eigenvalue weighted by Gasteiger charge is -2.31. The molecule has 0 amide bonds. The molecule has 1 fully saturated rings. The fourth-order valence-corrected chi connectivity index (χ4v) is 4.49. The number of alkyl halides is 2. The van der Waals surface area contributed by atoms with Crippen LogP contribution < -0.4 is 5.32 Å². The molecule has 1 aliphatic rings. The van der Waals surface area contributed by atoms with Gasteiger partial charge < -0.3 is 9.88 Å². The Morgan fingerprint density at radius 2 is 2.00 bits per heavy atom. The Bertz CT molecular complexity index is 1440. The topological polar surface area (TPSA) is 134 Å². The Morgan fingerprint density at radius 3 is 2.80 bits per heavy atom. The first-order chi connectivity index (χ1) is 17.0. The molecule has 0 bridgehead atoms. The summed E-state index contributed by atoms with van der Waals surface area (Å²) in [7, 11) is 0. The van der Waals surface area contributed by atoms with Gasteiger partial charge in [0.25, 0.3) is 6.43 Å². The predicted molar refractivity (Wildman–Crippen MR) is 121 cm³/mol. The second kappa shape index (κ2) is 9.43. The fourth-order valence-electron chi connectivity index (χ4n) is 4.49. The van der Waals surface area contributed by atoms with E-state index in [2.05, 4.69) is 41.0 Å². The van der Waals surface area contributed by atoms with Gasteiger partial charge in [-0.2, -0.15) is 15.6 Å². The minimum atomic E-state index is -2.53. The van der Waals surface area contributed by atoms with Gasteiger partial charge in [0.2, 0.25) is 5.95 Å². The molecule has 10 nitrogen and oxygen atoms in total. The van der Waals surface area contributed by atoms with Crippen molar-refractivity contribution in [1.29, 1.82) is 10.5 Å². The average molecular weight is 474 g/mol. The van der Waals surface area contributed by atoms with Crippen molar-refractivity contribution in [2.75, 3.05) is 5.32 Å². The van der Waals surface area contributed by atoms with Crippen LogP contribution in [0.2, 0.25) is 0 Å². The number of hydrogen-bond donors (Lipinski definition) is 1. The van der Waals surface area contributed by atoms with Crippen molar-refractivity contribution in [2.24, 2.45) is 0 Å². The van der Waals surface area contributed by atoms with Gasteiger partial charge in [-0.05, 0) is 25.7 Å². The highest BCUT2D eigenvalue weighted by atomic mass is 19.3. The lowest BCUT2D eigenvalue weighted by atomic mass is 9.91. The maximum atomic E-state index is 12.7. The molecule has 176 valence electrons. The molecule has 35 heavy (non-hydrogen) atoms. The van der Waals surface area contributed by atoms with Crippen LogP contribution in [0.1, 0.15) is 43.0 Å². The number of halogens is 2. The molecule has 4 aromatic heterocycles. The normalized spacial score (nSPS) is 17.9. The lowest BCUT2D eigenvalue weighted by Crippen LogP contribution is -2.29. The number of nitrogens with one attached hydrogen (secondary N) is 1. The molecule has 1 saturated carbocycles. The summed E-state index contributed by atoms with van der Waals surface area (Å²) >= 11 is 0. The summed E-state index contributed by atoms with van der Waals surface area (Å²) in [5.74, 6) is 0.363. The highest BCUT2D eigenvalue weighted by Crippen LogP contribution is 2.32. The molecule has 4 aromatic rings. The van der Waals surface area contributed by atoms with Gasteiger partial charge in [0.15, 0.2) is 0 Å². The highest BCUT2D eigenvalue weighted by Gasteiger charge is 2.25. The van der Waals surface area contributed by atoms with E-state index in [4.69, 9.17) is 5.26 Å². The Labute approximate surface area is 198 Å². The molecule has 0 radical (unpaired) electrons. The van der Waals surface area contributed by atoms with Crippen molar-refractivity contribution < 1.29 is 8.78 Å². The van der Waals surface area contributed by atoms with Crippen LogP contribution in [0.25, 0.3) is 22.3 Å². The van der Waals surface area contributed by atoms with E-state index in [1.54, 1.807) is 18.6 Å². The number of hydrogen-bond acceptors (Lipinski definition) is 8. The number of anilines is 1. The molecule has 0 aromatic carbocycles. The average Bonchev–Trinajstić information content (AvgIpc) is 3.50. The Kier molecular flexibility index (Phi) is 6.02. The zero-order valence-corrected chi connectivity index (χ0v) is 18.5. The molecule has 5 rings (SSSR count). The van der Waals surface area contributed by atoms with Gasteiger partial charge in [0, 0.05) is 29.9 Å². The van der Waals surface area contributed by atoms with Crippen molar-refractivity contribution in [3.63, 3.8) is 0 Å². The minimum absolute atomic E-state index is 0.0832. The third kappa shape index (κ3) is 4.64. The predicted octanol–water partition coefficient (Wildman–Crippen LogP) is 3.69. The van der Waals surface area contributed by atoms with E-state index in [1.807, 2.05) is 6.07 Å². The summed E-state index contributed by atoms with van der Waals surface area (Å²) < 4.78 is 28.6. The SMILES string of the molecule is N#Cc1cc2ncn([C@H]3CCC[C@@H](Nc4ncc(C#N)c(-c5cnn(CC(F)F)c5)n4)C3)c2cn1. The number of fused-ring (bicyclic) bond motifs is 1. The molecule has 1 aliphatic carbocycles. The molecule has 0 spiro atoms. The minimum Gasteiger partial charge on any atom is -0.351 e. The van der Waals surface area contributed by atoms with Crippen molar-refractivity contribution in [1.82, 2.24) is 34.3 Å². The number of imidazole rings is 1. The van der Waals surface area contributed by atoms with Gasteiger partial charge in [0.1, 0.15) is 24.4 Å². The van der Waals surface area contributed by atoms with Gasteiger partial charge >= 0.3 is 0 Å². The van der Waals surface area contributed by atoms with Gasteiger partial charge in [-0.1, -0.05) is 0 Å². The number of nitriles is 2. The first kappa shape index (κ1) is 22.3. The molecule has 4 heterocycles. The zero-order valence-electron chi connectivity index (χ0n) is 18.5. The maximum Gasteiger partial charge on any atom is 0.257 e. The van der Waals surface area contributed by atoms with Crippen LogP contribution >= 0.6 is 0 Å². The van der Waals surface area contributed by atoms with E-state index >= 15 is 0 Å². The van der Waals surface area contributed by atoms with Crippen LogP contribution in [0.5, 0.6) is 0 Å². The second-order valence-electron chi connectivity index (χ2n) is 8.39. The smallest absolute Gasteiger partial charge is 0.257 e. The summed E-state index contributed by atoms with van der Waals surface area (Å²) in [6.45, 7) is -0.530. The maximum absolute atomic E-state index is 12.7. The van der Waals surface area contributed by atoms with Crippen LogP contribution in [-0.4, -0.2) is 46.8 Å². The first-order valence-corrected chi connectivity index (χ1v) is 11.1. The molecular weight excluding hydrogens is 454 g/mol. The molecular formula is C23H20F2N10. The van der Waals surface area contributed by atoms with Gasteiger partial charge in [-0.3, -0.25) is 4.68 Å². The zero-order chi connectivity index (χ0) is 24.4. The third-order valence-corrected chi connectivity index (χ3v) is 6.09. The third-order valence-electron chi connectivity index (χ3n) is 6.09. The van der Waals surface area contributed by atoms with Gasteiger partial charge in [-0.15, -0.1) is 0 Å². The second-order valence-corrected chi connectivity index (χ2v) is 8.39. The van der Waals surface area contributed by atoms with E-state index in [9.17, 15) is 14.0 Å². The summed E-state index contributed by atoms with van der Waals surface area (Å²) in [6.07, 6.45) is 8.92. The monoisotopic (exact) mass is 474 g/mol. The number of nitrogens with zero attached hydrogens (tertiary/aromatic N) is 9. The summed E-state index contributed by atoms with van der Waals surface area (Å²) in [5, 5.41) is 25.9. The molecule has 12 heteroatoms. The van der Waals surface area contributed by atoms with Crippen LogP contribution in [0.4, 0.5) is 14.7 Å². The van der Waals surface area contributed by atoms with Crippen molar-refractivity contribution >= 4 is 17.0 Å². The van der Waals surface area contributed by atoms with Gasteiger partial charge in [0.05, 0.1) is 47.2 Å². The van der Waals surface area contributed by atoms with Crippen LogP contribution in [0, 0.1) is 22.7 Å². The number of aromatic nitrogens is 7. The molecule has 0 unspecified atom stereocenters. The fraction of sp³-hybridized carbons (Fsp3) is 0.348. The largest absolute Gasteiger partial charge is 0.351 e. The summed E-state index contributed by atoms with van der Waals surface area (Å²) in [4.78, 5) is 17.4. The van der Waals surface area contributed by atoms with E-state index < -0.39 is 13.0 Å². The Morgan fingerprint density at radius 1 is 1.11 bits per heavy atom. The van der Waals surface area contributed by atoms with Crippen LogP contribution in [-0.2, 0) is 6.54 Å². The quantitative estimate of drug-likeness (QED) is 0.447. The number of pyridine rings is 1. The summed E-state index contributed by atoms with van der Waals surface area (Å²) in [6, 6.07) is 6.03. The lowest BCUT2D eigenvalue weighted by molar-refractivity contribution is 0.122. The van der Waals surface area contributed by atoms with Crippen LogP contribution in [0.3, 0.4) is 0 Å².